The van der Waals surface area contributed by atoms with Gasteiger partial charge in [0.15, 0.2) is 0 Å². The van der Waals surface area contributed by atoms with Crippen LogP contribution >= 0.6 is 11.8 Å². The Kier molecular flexibility index (Phi) is 5.88. The smallest absolute Gasteiger partial charge is 0.249 e. The zero-order valence-electron chi connectivity index (χ0n) is 18.2. The SMILES string of the molecule is Cc1ccc(COc2ccc3cc(-c4noc([C@@H]5CCCN5C(N)=NCl)n4)ccc3c2)cc1. The fraction of sp³-hybridized carbons (Fsp3) is 0.240. The van der Waals surface area contributed by atoms with E-state index in [1.54, 1.807) is 0 Å². The van der Waals surface area contributed by atoms with Gasteiger partial charge in [0.05, 0.1) is 0 Å². The van der Waals surface area contributed by atoms with Gasteiger partial charge in [-0.1, -0.05) is 53.2 Å². The van der Waals surface area contributed by atoms with Gasteiger partial charge in [-0.3, -0.25) is 0 Å². The van der Waals surface area contributed by atoms with Crippen LogP contribution in [0.4, 0.5) is 0 Å². The zero-order valence-corrected chi connectivity index (χ0v) is 19.0. The second kappa shape index (κ2) is 9.11. The lowest BCUT2D eigenvalue weighted by molar-refractivity contribution is 0.284. The minimum absolute atomic E-state index is 0.109. The number of aromatic nitrogens is 2. The molecule has 1 fully saturated rings. The number of hydrogen-bond donors (Lipinski definition) is 1. The summed E-state index contributed by atoms with van der Waals surface area (Å²) in [5.41, 5.74) is 9.17. The van der Waals surface area contributed by atoms with Crippen molar-refractivity contribution in [2.24, 2.45) is 10.2 Å². The molecular weight excluding hydrogens is 438 g/mol. The van der Waals surface area contributed by atoms with E-state index in [0.717, 1.165) is 47.0 Å². The van der Waals surface area contributed by atoms with Crippen molar-refractivity contribution in [1.82, 2.24) is 15.0 Å². The molecule has 0 bridgehead atoms. The van der Waals surface area contributed by atoms with Gasteiger partial charge in [0.25, 0.3) is 0 Å². The molecule has 1 aliphatic rings. The van der Waals surface area contributed by atoms with Crippen molar-refractivity contribution in [2.75, 3.05) is 6.54 Å². The molecule has 1 atom stereocenters. The standard InChI is InChI=1S/C25H24ClN5O2/c1-16-4-6-17(7-5-16)15-32-21-11-10-18-13-20(9-8-19(18)14-21)23-28-24(33-30-23)22-3-2-12-31(22)25(27)29-26/h4-11,13-14,22H,2-3,12,15H2,1H3,(H2,27,29)/t22-/m0/s1. The predicted octanol–water partition coefficient (Wildman–Crippen LogP) is 5.38. The number of nitrogens with zero attached hydrogens (tertiary/aromatic N) is 4. The molecule has 0 amide bonds. The van der Waals surface area contributed by atoms with E-state index in [9.17, 15) is 0 Å². The monoisotopic (exact) mass is 461 g/mol. The normalized spacial score (nSPS) is 16.5. The fourth-order valence-electron chi connectivity index (χ4n) is 4.14. The predicted molar refractivity (Wildman–Crippen MR) is 129 cm³/mol. The number of guanidine groups is 1. The van der Waals surface area contributed by atoms with Crippen LogP contribution < -0.4 is 10.5 Å². The lowest BCUT2D eigenvalue weighted by Gasteiger charge is -2.21. The van der Waals surface area contributed by atoms with Crippen molar-refractivity contribution in [3.63, 3.8) is 0 Å². The highest BCUT2D eigenvalue weighted by Crippen LogP contribution is 2.32. The van der Waals surface area contributed by atoms with Crippen molar-refractivity contribution < 1.29 is 9.26 Å². The zero-order chi connectivity index (χ0) is 22.8. The molecule has 0 unspecified atom stereocenters. The summed E-state index contributed by atoms with van der Waals surface area (Å²) >= 11 is 5.55. The van der Waals surface area contributed by atoms with Crippen LogP contribution in [0.15, 0.2) is 69.7 Å². The number of fused-ring (bicyclic) bond motifs is 1. The van der Waals surface area contributed by atoms with Crippen molar-refractivity contribution in [1.29, 1.82) is 0 Å². The van der Waals surface area contributed by atoms with Crippen LogP contribution in [0.1, 0.15) is 35.9 Å². The van der Waals surface area contributed by atoms with Crippen LogP contribution in [0.3, 0.4) is 0 Å². The number of halogens is 1. The Bertz CT molecular complexity index is 1300. The van der Waals surface area contributed by atoms with Crippen molar-refractivity contribution in [3.8, 4) is 17.1 Å². The molecule has 0 spiro atoms. The van der Waals surface area contributed by atoms with E-state index in [-0.39, 0.29) is 12.0 Å². The van der Waals surface area contributed by atoms with E-state index < -0.39 is 0 Å². The van der Waals surface area contributed by atoms with Gasteiger partial charge in [-0.2, -0.15) is 4.98 Å². The summed E-state index contributed by atoms with van der Waals surface area (Å²) in [6.07, 6.45) is 1.82. The number of nitrogens with two attached hydrogens (primary N) is 1. The Morgan fingerprint density at radius 3 is 2.76 bits per heavy atom. The largest absolute Gasteiger partial charge is 0.489 e. The third-order valence-electron chi connectivity index (χ3n) is 5.96. The number of ether oxygens (including phenoxy) is 1. The number of rotatable bonds is 5. The Morgan fingerprint density at radius 1 is 1.15 bits per heavy atom. The number of likely N-dealkylation sites (tertiary alicyclic amines) is 1. The summed E-state index contributed by atoms with van der Waals surface area (Å²) < 4.78 is 15.1. The number of hydrogen-bond acceptors (Lipinski definition) is 5. The van der Waals surface area contributed by atoms with Crippen LogP contribution in [0, 0.1) is 6.92 Å². The second-order valence-electron chi connectivity index (χ2n) is 8.25. The molecule has 0 saturated carbocycles. The molecule has 5 rings (SSSR count). The van der Waals surface area contributed by atoms with Gasteiger partial charge >= 0.3 is 0 Å². The van der Waals surface area contributed by atoms with E-state index >= 15 is 0 Å². The molecule has 0 aliphatic carbocycles. The van der Waals surface area contributed by atoms with E-state index in [1.807, 2.05) is 35.2 Å². The lowest BCUT2D eigenvalue weighted by atomic mass is 10.1. The molecule has 0 radical (unpaired) electrons. The number of aryl methyl sites for hydroxylation is 1. The summed E-state index contributed by atoms with van der Waals surface area (Å²) in [6.45, 7) is 3.37. The van der Waals surface area contributed by atoms with Crippen LogP contribution in [-0.2, 0) is 6.61 Å². The molecule has 8 heteroatoms. The topological polar surface area (TPSA) is 89.8 Å². The maximum Gasteiger partial charge on any atom is 0.249 e. The molecule has 33 heavy (non-hydrogen) atoms. The molecule has 168 valence electrons. The highest BCUT2D eigenvalue weighted by molar-refractivity contribution is 6.19. The summed E-state index contributed by atoms with van der Waals surface area (Å²) in [5.74, 6) is 2.16. The Balaban J connectivity index is 1.33. The molecule has 2 N–H and O–H groups in total. The first-order chi connectivity index (χ1) is 16.1. The third kappa shape index (κ3) is 4.50. The van der Waals surface area contributed by atoms with Gasteiger partial charge in [-0.05, 0) is 54.3 Å². The Hall–Kier alpha value is -3.58. The van der Waals surface area contributed by atoms with E-state index in [4.69, 9.17) is 26.8 Å². The number of benzene rings is 3. The highest BCUT2D eigenvalue weighted by Gasteiger charge is 2.32. The van der Waals surface area contributed by atoms with Crippen LogP contribution in [0.25, 0.3) is 22.2 Å². The van der Waals surface area contributed by atoms with Crippen molar-refractivity contribution in [3.05, 3.63) is 77.7 Å². The third-order valence-corrected chi connectivity index (χ3v) is 6.13. The van der Waals surface area contributed by atoms with Crippen LogP contribution in [0.5, 0.6) is 5.75 Å². The lowest BCUT2D eigenvalue weighted by Crippen LogP contribution is -2.36. The minimum atomic E-state index is -0.109. The van der Waals surface area contributed by atoms with Gasteiger partial charge in [0.1, 0.15) is 18.4 Å². The summed E-state index contributed by atoms with van der Waals surface area (Å²) in [6, 6.07) is 20.4. The van der Waals surface area contributed by atoms with Crippen molar-refractivity contribution in [2.45, 2.75) is 32.4 Å². The fourth-order valence-corrected chi connectivity index (χ4v) is 4.23. The summed E-state index contributed by atoms with van der Waals surface area (Å²) in [7, 11) is 0. The van der Waals surface area contributed by atoms with Gasteiger partial charge in [0.2, 0.25) is 17.7 Å². The molecule has 7 nitrogen and oxygen atoms in total. The average Bonchev–Trinajstić information content (AvgIpc) is 3.52. The Morgan fingerprint density at radius 2 is 1.94 bits per heavy atom. The van der Waals surface area contributed by atoms with Gasteiger partial charge in [-0.15, -0.1) is 4.51 Å². The van der Waals surface area contributed by atoms with Gasteiger partial charge in [0, 0.05) is 23.9 Å². The van der Waals surface area contributed by atoms with Gasteiger partial charge in [-0.25, -0.2) is 0 Å². The molecule has 1 saturated heterocycles. The molecule has 2 heterocycles. The first-order valence-corrected chi connectivity index (χ1v) is 11.2. The highest BCUT2D eigenvalue weighted by atomic mass is 35.5. The van der Waals surface area contributed by atoms with E-state index in [2.05, 4.69) is 51.9 Å². The maximum atomic E-state index is 5.98. The molecule has 1 aromatic heterocycles. The average molecular weight is 462 g/mol. The van der Waals surface area contributed by atoms with Crippen LogP contribution in [-0.4, -0.2) is 27.5 Å². The first-order valence-electron chi connectivity index (χ1n) is 10.9. The van der Waals surface area contributed by atoms with Crippen molar-refractivity contribution >= 4 is 28.5 Å². The maximum absolute atomic E-state index is 5.98. The van der Waals surface area contributed by atoms with Crippen LogP contribution in [0.2, 0.25) is 0 Å². The van der Waals surface area contributed by atoms with E-state index in [0.29, 0.717) is 18.3 Å². The summed E-state index contributed by atoms with van der Waals surface area (Å²) in [5, 5.41) is 6.35. The Labute approximate surface area is 196 Å². The quantitative estimate of drug-likeness (QED) is 0.317. The molecule has 4 aromatic rings. The molecular formula is C25H24ClN5O2. The summed E-state index contributed by atoms with van der Waals surface area (Å²) in [4.78, 5) is 6.52. The second-order valence-corrected chi connectivity index (χ2v) is 8.42. The molecule has 1 aliphatic heterocycles. The minimum Gasteiger partial charge on any atom is -0.489 e. The molecule has 3 aromatic carbocycles. The van der Waals surface area contributed by atoms with Gasteiger partial charge < -0.3 is 19.9 Å². The first kappa shape index (κ1) is 21.3. The van der Waals surface area contributed by atoms with E-state index in [1.165, 1.54) is 5.56 Å².